The van der Waals surface area contributed by atoms with Crippen molar-refractivity contribution in [3.63, 3.8) is 0 Å². The number of likely N-dealkylation sites (tertiary alicyclic amines) is 1. The van der Waals surface area contributed by atoms with Crippen LogP contribution in [0.15, 0.2) is 0 Å². The number of rotatable bonds is 3. The van der Waals surface area contributed by atoms with Crippen LogP contribution in [-0.2, 0) is 30.4 Å². The highest BCUT2D eigenvalue weighted by Crippen LogP contribution is 2.36. The highest BCUT2D eigenvalue weighted by Gasteiger charge is 2.40. The van der Waals surface area contributed by atoms with E-state index in [0.29, 0.717) is 31.6 Å². The van der Waals surface area contributed by atoms with Crippen LogP contribution in [0.4, 0.5) is 13.2 Å². The molecule has 0 saturated carbocycles. The summed E-state index contributed by atoms with van der Waals surface area (Å²) in [5.74, 6) is 1.54. The van der Waals surface area contributed by atoms with Gasteiger partial charge in [-0.3, -0.25) is 14.6 Å². The summed E-state index contributed by atoms with van der Waals surface area (Å²) < 4.78 is 41.2. The fourth-order valence-corrected chi connectivity index (χ4v) is 4.19. The zero-order valence-electron chi connectivity index (χ0n) is 15.7. The Morgan fingerprint density at radius 3 is 2.57 bits per heavy atom. The number of nitrogens with one attached hydrogen (secondary N) is 1. The smallest absolute Gasteiger partial charge is 0.341 e. The van der Waals surface area contributed by atoms with E-state index in [2.05, 4.69) is 20.3 Å². The van der Waals surface area contributed by atoms with Crippen LogP contribution in [0.5, 0.6) is 0 Å². The first kappa shape index (κ1) is 18.9. The van der Waals surface area contributed by atoms with E-state index in [1.54, 1.807) is 4.90 Å². The van der Waals surface area contributed by atoms with E-state index < -0.39 is 11.9 Å². The molecule has 1 aliphatic carbocycles. The number of carbonyl (C=O) groups excluding carboxylic acids is 1. The van der Waals surface area contributed by atoms with Crippen LogP contribution >= 0.6 is 0 Å². The second-order valence-corrected chi connectivity index (χ2v) is 7.57. The number of alkyl halides is 3. The van der Waals surface area contributed by atoms with Crippen LogP contribution in [0.3, 0.4) is 0 Å². The van der Waals surface area contributed by atoms with Crippen LogP contribution in [0.1, 0.15) is 60.2 Å². The second-order valence-electron chi connectivity index (χ2n) is 7.57. The van der Waals surface area contributed by atoms with Crippen LogP contribution in [-0.4, -0.2) is 48.9 Å². The SMILES string of the molecule is Cc1nc(C2CCN(C(=O)Cn3nc(C(F)(F)F)c4c3CCCC4)CC2)n[nH]1. The molecule has 1 fully saturated rings. The summed E-state index contributed by atoms with van der Waals surface area (Å²) in [5, 5.41) is 10.8. The number of aromatic amines is 1. The third-order valence-corrected chi connectivity index (χ3v) is 5.64. The number of nitrogens with zero attached hydrogens (tertiary/aromatic N) is 5. The van der Waals surface area contributed by atoms with Gasteiger partial charge in [0.25, 0.3) is 0 Å². The Labute approximate surface area is 160 Å². The average molecular weight is 396 g/mol. The fraction of sp³-hybridized carbons (Fsp3) is 0.667. The maximum Gasteiger partial charge on any atom is 0.435 e. The third-order valence-electron chi connectivity index (χ3n) is 5.64. The first-order valence-electron chi connectivity index (χ1n) is 9.65. The largest absolute Gasteiger partial charge is 0.435 e. The number of hydrogen-bond acceptors (Lipinski definition) is 4. The van der Waals surface area contributed by atoms with Gasteiger partial charge in [0.2, 0.25) is 5.91 Å². The molecular weight excluding hydrogens is 373 g/mol. The topological polar surface area (TPSA) is 79.7 Å². The molecule has 0 bridgehead atoms. The van der Waals surface area contributed by atoms with Crippen molar-refractivity contribution in [2.24, 2.45) is 0 Å². The molecule has 7 nitrogen and oxygen atoms in total. The molecule has 2 aromatic rings. The van der Waals surface area contributed by atoms with E-state index in [1.807, 2.05) is 6.92 Å². The average Bonchev–Trinajstić information content (AvgIpc) is 3.26. The number of amides is 1. The summed E-state index contributed by atoms with van der Waals surface area (Å²) in [6.07, 6.45) is -0.530. The Bertz CT molecular complexity index is 863. The molecule has 1 amide bonds. The van der Waals surface area contributed by atoms with Gasteiger partial charge in [-0.1, -0.05) is 0 Å². The second kappa shape index (κ2) is 7.21. The molecule has 0 atom stereocenters. The minimum Gasteiger partial charge on any atom is -0.341 e. The van der Waals surface area contributed by atoms with Crippen LogP contribution in [0.25, 0.3) is 0 Å². The number of carbonyl (C=O) groups is 1. The predicted octanol–water partition coefficient (Wildman–Crippen LogP) is 2.61. The summed E-state index contributed by atoms with van der Waals surface area (Å²) in [7, 11) is 0. The molecule has 1 aliphatic heterocycles. The Hall–Kier alpha value is -2.39. The van der Waals surface area contributed by atoms with E-state index in [4.69, 9.17) is 0 Å². The Kier molecular flexibility index (Phi) is 4.88. The number of H-pyrrole nitrogens is 1. The number of halogens is 3. The lowest BCUT2D eigenvalue weighted by molar-refractivity contribution is -0.142. The Morgan fingerprint density at radius 1 is 1.21 bits per heavy atom. The molecule has 4 rings (SSSR count). The zero-order valence-corrected chi connectivity index (χ0v) is 15.7. The minimum atomic E-state index is -4.48. The molecule has 2 aromatic heterocycles. The number of aromatic nitrogens is 5. The van der Waals surface area contributed by atoms with Gasteiger partial charge < -0.3 is 4.90 Å². The van der Waals surface area contributed by atoms with Crippen molar-refractivity contribution in [1.29, 1.82) is 0 Å². The quantitative estimate of drug-likeness (QED) is 0.865. The molecule has 2 aliphatic rings. The third kappa shape index (κ3) is 3.64. The summed E-state index contributed by atoms with van der Waals surface area (Å²) in [6, 6.07) is 0. The lowest BCUT2D eigenvalue weighted by Crippen LogP contribution is -2.40. The molecule has 0 aromatic carbocycles. The summed E-state index contributed by atoms with van der Waals surface area (Å²) in [6.45, 7) is 2.80. The molecule has 0 spiro atoms. The van der Waals surface area contributed by atoms with Gasteiger partial charge in [-0.15, -0.1) is 0 Å². The molecule has 0 radical (unpaired) electrons. The van der Waals surface area contributed by atoms with E-state index >= 15 is 0 Å². The monoisotopic (exact) mass is 396 g/mol. The van der Waals surface area contributed by atoms with Crippen molar-refractivity contribution in [3.8, 4) is 0 Å². The van der Waals surface area contributed by atoms with Gasteiger partial charge in [0.15, 0.2) is 11.5 Å². The zero-order chi connectivity index (χ0) is 19.9. The van der Waals surface area contributed by atoms with Gasteiger partial charge >= 0.3 is 6.18 Å². The van der Waals surface area contributed by atoms with E-state index in [1.165, 1.54) is 4.68 Å². The fourth-order valence-electron chi connectivity index (χ4n) is 4.19. The summed E-state index contributed by atoms with van der Waals surface area (Å²) in [4.78, 5) is 18.8. The van der Waals surface area contributed by atoms with Gasteiger partial charge in [-0.2, -0.15) is 23.4 Å². The lowest BCUT2D eigenvalue weighted by atomic mass is 9.95. The summed E-state index contributed by atoms with van der Waals surface area (Å²) in [5.41, 5.74) is 0.0110. The first-order valence-corrected chi connectivity index (χ1v) is 9.65. The van der Waals surface area contributed by atoms with Gasteiger partial charge in [0.05, 0.1) is 0 Å². The van der Waals surface area contributed by atoms with E-state index in [0.717, 1.165) is 37.3 Å². The summed E-state index contributed by atoms with van der Waals surface area (Å²) >= 11 is 0. The predicted molar refractivity (Wildman–Crippen MR) is 93.5 cm³/mol. The lowest BCUT2D eigenvalue weighted by Gasteiger charge is -2.31. The maximum absolute atomic E-state index is 13.3. The molecule has 28 heavy (non-hydrogen) atoms. The van der Waals surface area contributed by atoms with Gasteiger partial charge in [-0.25, -0.2) is 4.98 Å². The standard InChI is InChI=1S/C18H23F3N6O/c1-11-22-17(24-23-11)12-6-8-26(9-7-12)15(28)10-27-14-5-3-2-4-13(14)16(25-27)18(19,20)21/h12H,2-10H2,1H3,(H,22,23,24). The van der Waals surface area contributed by atoms with Crippen molar-refractivity contribution in [2.75, 3.05) is 13.1 Å². The number of piperidine rings is 1. The molecule has 152 valence electrons. The van der Waals surface area contributed by atoms with Crippen molar-refractivity contribution in [3.05, 3.63) is 28.6 Å². The first-order chi connectivity index (χ1) is 13.3. The van der Waals surface area contributed by atoms with Gasteiger partial charge in [0, 0.05) is 30.3 Å². The molecule has 10 heteroatoms. The number of fused-ring (bicyclic) bond motifs is 1. The molecule has 1 saturated heterocycles. The van der Waals surface area contributed by atoms with Crippen molar-refractivity contribution >= 4 is 5.91 Å². The van der Waals surface area contributed by atoms with Crippen molar-refractivity contribution < 1.29 is 18.0 Å². The molecule has 3 heterocycles. The molecular formula is C18H23F3N6O. The number of aryl methyl sites for hydroxylation is 1. The van der Waals surface area contributed by atoms with Crippen LogP contribution < -0.4 is 0 Å². The highest BCUT2D eigenvalue weighted by molar-refractivity contribution is 5.76. The normalized spacial score (nSPS) is 18.4. The van der Waals surface area contributed by atoms with E-state index in [9.17, 15) is 18.0 Å². The minimum absolute atomic E-state index is 0.136. The van der Waals surface area contributed by atoms with Crippen molar-refractivity contribution in [2.45, 2.75) is 64.1 Å². The van der Waals surface area contributed by atoms with Gasteiger partial charge in [-0.05, 0) is 45.4 Å². The Balaban J connectivity index is 1.44. The van der Waals surface area contributed by atoms with Crippen LogP contribution in [0.2, 0.25) is 0 Å². The Morgan fingerprint density at radius 2 is 1.93 bits per heavy atom. The van der Waals surface area contributed by atoms with Gasteiger partial charge in [0.1, 0.15) is 12.4 Å². The number of hydrogen-bond donors (Lipinski definition) is 1. The van der Waals surface area contributed by atoms with E-state index in [-0.39, 0.29) is 23.9 Å². The molecule has 0 unspecified atom stereocenters. The van der Waals surface area contributed by atoms with Crippen molar-refractivity contribution in [1.82, 2.24) is 29.9 Å². The van der Waals surface area contributed by atoms with Crippen LogP contribution in [0, 0.1) is 6.92 Å². The maximum atomic E-state index is 13.3. The highest BCUT2D eigenvalue weighted by atomic mass is 19.4. The molecule has 1 N–H and O–H groups in total.